The summed E-state index contributed by atoms with van der Waals surface area (Å²) in [4.78, 5) is 21.9. The maximum absolute atomic E-state index is 12.9. The summed E-state index contributed by atoms with van der Waals surface area (Å²) in [6, 6.07) is 6.34. The molecule has 0 N–H and O–H groups in total. The van der Waals surface area contributed by atoms with E-state index in [-0.39, 0.29) is 11.9 Å². The Morgan fingerprint density at radius 3 is 2.59 bits per heavy atom. The topological polar surface area (TPSA) is 54.3 Å². The van der Waals surface area contributed by atoms with Crippen molar-refractivity contribution in [3.05, 3.63) is 41.2 Å². The molecule has 0 radical (unpaired) electrons. The van der Waals surface area contributed by atoms with Gasteiger partial charge in [0.1, 0.15) is 5.69 Å². The van der Waals surface area contributed by atoms with Crippen LogP contribution in [0.1, 0.15) is 41.5 Å². The molecule has 1 aliphatic heterocycles. The summed E-state index contributed by atoms with van der Waals surface area (Å²) in [5, 5.41) is 5.34. The van der Waals surface area contributed by atoms with E-state index in [9.17, 15) is 4.79 Å². The fraction of sp³-hybridized carbons (Fsp3) is 0.450. The molecule has 1 fully saturated rings. The van der Waals surface area contributed by atoms with Gasteiger partial charge in [-0.3, -0.25) is 9.48 Å². The highest BCUT2D eigenvalue weighted by Crippen LogP contribution is 2.32. The SMILES string of the molecule is Cc1cc(C)c2sc(N3CCN(C(=O)c4ccnn4C(C)C)CC3)nc2c1. The van der Waals surface area contributed by atoms with Gasteiger partial charge in [0.25, 0.3) is 5.91 Å². The van der Waals surface area contributed by atoms with Crippen molar-refractivity contribution in [3.63, 3.8) is 0 Å². The van der Waals surface area contributed by atoms with Crippen LogP contribution in [0.4, 0.5) is 5.13 Å². The second-order valence-electron chi connectivity index (χ2n) is 7.46. The standard InChI is InChI=1S/C20H25N5OS/c1-13(2)25-17(5-6-21-25)19(26)23-7-9-24(10-8-23)20-22-16-12-14(3)11-15(4)18(16)27-20/h5-6,11-13H,7-10H2,1-4H3. The summed E-state index contributed by atoms with van der Waals surface area (Å²) in [5.41, 5.74) is 4.27. The largest absolute Gasteiger partial charge is 0.345 e. The van der Waals surface area contributed by atoms with E-state index in [0.717, 1.165) is 23.7 Å². The fourth-order valence-electron chi connectivity index (χ4n) is 3.66. The maximum Gasteiger partial charge on any atom is 0.272 e. The lowest BCUT2D eigenvalue weighted by Gasteiger charge is -2.34. The molecule has 1 amide bonds. The highest BCUT2D eigenvalue weighted by molar-refractivity contribution is 7.22. The Kier molecular flexibility index (Phi) is 4.63. The van der Waals surface area contributed by atoms with Gasteiger partial charge < -0.3 is 9.80 Å². The van der Waals surface area contributed by atoms with Gasteiger partial charge in [0.05, 0.1) is 10.2 Å². The third-order valence-corrected chi connectivity index (χ3v) is 6.29. The lowest BCUT2D eigenvalue weighted by molar-refractivity contribution is 0.0732. The zero-order valence-electron chi connectivity index (χ0n) is 16.3. The minimum atomic E-state index is 0.0663. The minimum Gasteiger partial charge on any atom is -0.345 e. The van der Waals surface area contributed by atoms with Gasteiger partial charge in [-0.05, 0) is 51.0 Å². The Bertz CT molecular complexity index is 982. The van der Waals surface area contributed by atoms with Gasteiger partial charge in [0, 0.05) is 38.4 Å². The summed E-state index contributed by atoms with van der Waals surface area (Å²) < 4.78 is 3.06. The number of piperazine rings is 1. The predicted molar refractivity (Wildman–Crippen MR) is 110 cm³/mol. The fourth-order valence-corrected chi connectivity index (χ4v) is 4.73. The highest BCUT2D eigenvalue weighted by Gasteiger charge is 2.26. The van der Waals surface area contributed by atoms with E-state index in [2.05, 4.69) is 36.0 Å². The molecular weight excluding hydrogens is 358 g/mol. The molecule has 0 saturated carbocycles. The predicted octanol–water partition coefficient (Wildman–Crippen LogP) is 3.65. The number of aryl methyl sites for hydroxylation is 2. The maximum atomic E-state index is 12.9. The van der Waals surface area contributed by atoms with Crippen molar-refractivity contribution >= 4 is 32.6 Å². The molecule has 6 nitrogen and oxygen atoms in total. The molecule has 3 heterocycles. The van der Waals surface area contributed by atoms with E-state index in [1.54, 1.807) is 22.2 Å². The zero-order chi connectivity index (χ0) is 19.1. The summed E-state index contributed by atoms with van der Waals surface area (Å²) in [5.74, 6) is 0.0663. The third kappa shape index (κ3) is 3.32. The monoisotopic (exact) mass is 383 g/mol. The molecule has 0 unspecified atom stereocenters. The molecule has 1 aromatic carbocycles. The van der Waals surface area contributed by atoms with Gasteiger partial charge in [-0.25, -0.2) is 4.98 Å². The number of amides is 1. The summed E-state index contributed by atoms with van der Waals surface area (Å²) in [6.45, 7) is 11.4. The van der Waals surface area contributed by atoms with Crippen molar-refractivity contribution in [3.8, 4) is 0 Å². The number of carbonyl (C=O) groups excluding carboxylic acids is 1. The van der Waals surface area contributed by atoms with Crippen LogP contribution in [0.3, 0.4) is 0 Å². The van der Waals surface area contributed by atoms with Crippen LogP contribution in [0.2, 0.25) is 0 Å². The number of carbonyl (C=O) groups is 1. The van der Waals surface area contributed by atoms with Crippen molar-refractivity contribution in [1.29, 1.82) is 0 Å². The van der Waals surface area contributed by atoms with E-state index in [4.69, 9.17) is 4.98 Å². The van der Waals surface area contributed by atoms with E-state index in [1.165, 1.54) is 15.8 Å². The smallest absolute Gasteiger partial charge is 0.272 e. The van der Waals surface area contributed by atoms with E-state index in [1.807, 2.05) is 24.8 Å². The molecule has 7 heteroatoms. The summed E-state index contributed by atoms with van der Waals surface area (Å²) in [7, 11) is 0. The second kappa shape index (κ2) is 6.96. The Morgan fingerprint density at radius 2 is 1.89 bits per heavy atom. The first-order valence-corrected chi connectivity index (χ1v) is 10.2. The lowest BCUT2D eigenvalue weighted by Crippen LogP contribution is -2.49. The lowest BCUT2D eigenvalue weighted by atomic mass is 10.1. The van der Waals surface area contributed by atoms with Crippen LogP contribution in [0.15, 0.2) is 24.4 Å². The molecule has 27 heavy (non-hydrogen) atoms. The quantitative estimate of drug-likeness (QED) is 0.693. The number of rotatable bonds is 3. The third-order valence-electron chi connectivity index (χ3n) is 5.02. The van der Waals surface area contributed by atoms with Crippen LogP contribution in [0.25, 0.3) is 10.2 Å². The molecule has 2 aromatic heterocycles. The van der Waals surface area contributed by atoms with Crippen LogP contribution >= 0.6 is 11.3 Å². The molecule has 142 valence electrons. The second-order valence-corrected chi connectivity index (χ2v) is 8.44. The first-order chi connectivity index (χ1) is 12.9. The summed E-state index contributed by atoms with van der Waals surface area (Å²) >= 11 is 1.75. The van der Waals surface area contributed by atoms with E-state index < -0.39 is 0 Å². The molecule has 0 aliphatic carbocycles. The molecule has 1 saturated heterocycles. The molecule has 4 rings (SSSR count). The van der Waals surface area contributed by atoms with Gasteiger partial charge in [-0.2, -0.15) is 5.10 Å². The molecular formula is C20H25N5OS. The van der Waals surface area contributed by atoms with Crippen LogP contribution in [0, 0.1) is 13.8 Å². The van der Waals surface area contributed by atoms with Crippen molar-refractivity contribution in [2.75, 3.05) is 31.1 Å². The number of nitrogens with zero attached hydrogens (tertiary/aromatic N) is 5. The Morgan fingerprint density at radius 1 is 1.15 bits per heavy atom. The average molecular weight is 384 g/mol. The number of benzene rings is 1. The van der Waals surface area contributed by atoms with Gasteiger partial charge in [0.15, 0.2) is 5.13 Å². The molecule has 0 spiro atoms. The number of anilines is 1. The van der Waals surface area contributed by atoms with Gasteiger partial charge in [-0.1, -0.05) is 17.4 Å². The Balaban J connectivity index is 1.48. The zero-order valence-corrected chi connectivity index (χ0v) is 17.1. The average Bonchev–Trinajstić information content (AvgIpc) is 3.28. The minimum absolute atomic E-state index is 0.0663. The van der Waals surface area contributed by atoms with Crippen LogP contribution < -0.4 is 4.90 Å². The van der Waals surface area contributed by atoms with E-state index >= 15 is 0 Å². The van der Waals surface area contributed by atoms with Gasteiger partial charge in [-0.15, -0.1) is 0 Å². The number of fused-ring (bicyclic) bond motifs is 1. The normalized spacial score (nSPS) is 15.1. The number of aromatic nitrogens is 3. The van der Waals surface area contributed by atoms with Gasteiger partial charge in [0.2, 0.25) is 0 Å². The molecule has 3 aromatic rings. The first kappa shape index (κ1) is 18.0. The van der Waals surface area contributed by atoms with Crippen LogP contribution in [-0.2, 0) is 0 Å². The summed E-state index contributed by atoms with van der Waals surface area (Å²) in [6.07, 6.45) is 1.70. The van der Waals surface area contributed by atoms with Crippen LogP contribution in [-0.4, -0.2) is 51.8 Å². The van der Waals surface area contributed by atoms with Crippen molar-refractivity contribution in [2.24, 2.45) is 0 Å². The Hall–Kier alpha value is -2.41. The highest BCUT2D eigenvalue weighted by atomic mass is 32.1. The van der Waals surface area contributed by atoms with Crippen molar-refractivity contribution in [2.45, 2.75) is 33.7 Å². The molecule has 1 aliphatic rings. The number of thiazole rings is 1. The Labute approximate surface area is 163 Å². The number of hydrogen-bond acceptors (Lipinski definition) is 5. The first-order valence-electron chi connectivity index (χ1n) is 9.39. The number of hydrogen-bond donors (Lipinski definition) is 0. The van der Waals surface area contributed by atoms with Crippen LogP contribution in [0.5, 0.6) is 0 Å². The molecule has 0 bridgehead atoms. The van der Waals surface area contributed by atoms with E-state index in [0.29, 0.717) is 18.8 Å². The van der Waals surface area contributed by atoms with Crippen molar-refractivity contribution < 1.29 is 4.79 Å². The van der Waals surface area contributed by atoms with Gasteiger partial charge >= 0.3 is 0 Å². The molecule has 0 atom stereocenters. The van der Waals surface area contributed by atoms with Crippen molar-refractivity contribution in [1.82, 2.24) is 19.7 Å².